The van der Waals surface area contributed by atoms with E-state index < -0.39 is 0 Å². The van der Waals surface area contributed by atoms with Crippen LogP contribution in [0.25, 0.3) is 0 Å². The van der Waals surface area contributed by atoms with Gasteiger partial charge in [0.25, 0.3) is 0 Å². The van der Waals surface area contributed by atoms with Gasteiger partial charge in [0.05, 0.1) is 0 Å². The molecule has 0 radical (unpaired) electrons. The Morgan fingerprint density at radius 1 is 1.88 bits per heavy atom. The van der Waals surface area contributed by atoms with Gasteiger partial charge in [0, 0.05) is 6.42 Å². The fourth-order valence-corrected chi connectivity index (χ4v) is 1.34. The SMILES string of the molecule is C[C@@H]1C[C@H](Br)C(=O)O1. The van der Waals surface area contributed by atoms with Crippen LogP contribution in [-0.4, -0.2) is 16.9 Å². The van der Waals surface area contributed by atoms with Gasteiger partial charge < -0.3 is 4.74 Å². The summed E-state index contributed by atoms with van der Waals surface area (Å²) in [5.41, 5.74) is 0. The molecule has 0 N–H and O–H groups in total. The molecule has 8 heavy (non-hydrogen) atoms. The molecule has 1 rings (SSSR count). The first-order valence-electron chi connectivity index (χ1n) is 2.54. The van der Waals surface area contributed by atoms with Crippen molar-refractivity contribution in [2.45, 2.75) is 24.3 Å². The molecule has 2 atom stereocenters. The second-order valence-corrected chi connectivity index (χ2v) is 3.06. The maximum Gasteiger partial charge on any atom is 0.320 e. The Kier molecular flexibility index (Phi) is 1.56. The summed E-state index contributed by atoms with van der Waals surface area (Å²) in [6.07, 6.45) is 0.908. The number of cyclic esters (lactones) is 1. The smallest absolute Gasteiger partial charge is 0.320 e. The lowest BCUT2D eigenvalue weighted by Gasteiger charge is -1.95. The van der Waals surface area contributed by atoms with E-state index in [2.05, 4.69) is 15.9 Å². The van der Waals surface area contributed by atoms with Crippen LogP contribution in [0.2, 0.25) is 0 Å². The van der Waals surface area contributed by atoms with Crippen LogP contribution in [0.5, 0.6) is 0 Å². The molecule has 1 aliphatic rings. The quantitative estimate of drug-likeness (QED) is 0.411. The largest absolute Gasteiger partial charge is 0.462 e. The number of rotatable bonds is 0. The number of hydrogen-bond donors (Lipinski definition) is 0. The Labute approximate surface area is 56.3 Å². The first-order chi connectivity index (χ1) is 3.70. The van der Waals surface area contributed by atoms with Gasteiger partial charge in [-0.3, -0.25) is 4.79 Å². The minimum absolute atomic E-state index is 0.0579. The van der Waals surface area contributed by atoms with Crippen LogP contribution in [0.1, 0.15) is 13.3 Å². The van der Waals surface area contributed by atoms with E-state index in [1.165, 1.54) is 0 Å². The molecule has 0 amide bonds. The van der Waals surface area contributed by atoms with E-state index in [1.54, 1.807) is 0 Å². The maximum atomic E-state index is 10.5. The van der Waals surface area contributed by atoms with Crippen molar-refractivity contribution >= 4 is 21.9 Å². The van der Waals surface area contributed by atoms with Crippen LogP contribution in [0.15, 0.2) is 0 Å². The minimum atomic E-state index is -0.127. The van der Waals surface area contributed by atoms with Crippen molar-refractivity contribution in [1.29, 1.82) is 0 Å². The molecular formula is C5H7BrO2. The van der Waals surface area contributed by atoms with Crippen LogP contribution < -0.4 is 0 Å². The van der Waals surface area contributed by atoms with Crippen molar-refractivity contribution < 1.29 is 9.53 Å². The van der Waals surface area contributed by atoms with E-state index in [4.69, 9.17) is 4.74 Å². The Bertz CT molecular complexity index is 113. The molecule has 0 spiro atoms. The molecule has 1 fully saturated rings. The number of carbonyl (C=O) groups excluding carboxylic acids is 1. The van der Waals surface area contributed by atoms with Crippen LogP contribution >= 0.6 is 15.9 Å². The van der Waals surface area contributed by atoms with E-state index in [9.17, 15) is 4.79 Å². The Morgan fingerprint density at radius 2 is 2.50 bits per heavy atom. The molecule has 0 aliphatic carbocycles. The summed E-state index contributed by atoms with van der Waals surface area (Å²) >= 11 is 3.17. The fraction of sp³-hybridized carbons (Fsp3) is 0.800. The van der Waals surface area contributed by atoms with Crippen molar-refractivity contribution in [3.05, 3.63) is 0 Å². The van der Waals surface area contributed by atoms with Crippen LogP contribution in [0.4, 0.5) is 0 Å². The molecule has 0 aromatic rings. The number of hydrogen-bond acceptors (Lipinski definition) is 2. The highest BCUT2D eigenvalue weighted by molar-refractivity contribution is 9.10. The minimum Gasteiger partial charge on any atom is -0.462 e. The topological polar surface area (TPSA) is 26.3 Å². The van der Waals surface area contributed by atoms with E-state index >= 15 is 0 Å². The van der Waals surface area contributed by atoms with Crippen molar-refractivity contribution in [2.75, 3.05) is 0 Å². The lowest BCUT2D eigenvalue weighted by Crippen LogP contribution is -2.04. The third-order valence-corrected chi connectivity index (χ3v) is 1.86. The molecule has 1 aliphatic heterocycles. The molecule has 0 bridgehead atoms. The lowest BCUT2D eigenvalue weighted by atomic mass is 10.3. The van der Waals surface area contributed by atoms with E-state index in [-0.39, 0.29) is 16.9 Å². The maximum absolute atomic E-state index is 10.5. The molecular weight excluding hydrogens is 172 g/mol. The molecule has 0 saturated carbocycles. The van der Waals surface area contributed by atoms with Crippen LogP contribution in [-0.2, 0) is 9.53 Å². The van der Waals surface area contributed by atoms with Gasteiger partial charge in [0.15, 0.2) is 0 Å². The summed E-state index contributed by atoms with van der Waals surface area (Å²) in [5.74, 6) is -0.127. The molecule has 0 aromatic carbocycles. The number of alkyl halides is 1. The van der Waals surface area contributed by atoms with Crippen molar-refractivity contribution in [3.8, 4) is 0 Å². The average molecular weight is 179 g/mol. The highest BCUT2D eigenvalue weighted by Crippen LogP contribution is 2.20. The molecule has 3 heteroatoms. The van der Waals surface area contributed by atoms with Crippen molar-refractivity contribution in [2.24, 2.45) is 0 Å². The van der Waals surface area contributed by atoms with Gasteiger partial charge in [-0.25, -0.2) is 0 Å². The molecule has 2 nitrogen and oxygen atoms in total. The molecule has 0 unspecified atom stereocenters. The third-order valence-electron chi connectivity index (χ3n) is 1.11. The number of esters is 1. The van der Waals surface area contributed by atoms with E-state index in [0.717, 1.165) is 6.42 Å². The zero-order valence-corrected chi connectivity index (χ0v) is 6.14. The van der Waals surface area contributed by atoms with Gasteiger partial charge in [-0.15, -0.1) is 0 Å². The lowest BCUT2D eigenvalue weighted by molar-refractivity contribution is -0.140. The van der Waals surface area contributed by atoms with E-state index in [0.29, 0.717) is 0 Å². The van der Waals surface area contributed by atoms with Crippen molar-refractivity contribution in [1.82, 2.24) is 0 Å². The van der Waals surface area contributed by atoms with Crippen LogP contribution in [0.3, 0.4) is 0 Å². The van der Waals surface area contributed by atoms with Crippen molar-refractivity contribution in [3.63, 3.8) is 0 Å². The number of carbonyl (C=O) groups is 1. The second kappa shape index (κ2) is 2.05. The van der Waals surface area contributed by atoms with Gasteiger partial charge in [-0.1, -0.05) is 15.9 Å². The van der Waals surface area contributed by atoms with E-state index in [1.807, 2.05) is 6.92 Å². The predicted molar refractivity (Wildman–Crippen MR) is 32.9 cm³/mol. The highest BCUT2D eigenvalue weighted by Gasteiger charge is 2.28. The molecule has 1 saturated heterocycles. The van der Waals surface area contributed by atoms with Gasteiger partial charge in [-0.2, -0.15) is 0 Å². The van der Waals surface area contributed by atoms with Crippen LogP contribution in [0, 0.1) is 0 Å². The summed E-state index contributed by atoms with van der Waals surface area (Å²) in [7, 11) is 0. The molecule has 1 heterocycles. The normalized spacial score (nSPS) is 37.5. The van der Waals surface area contributed by atoms with Gasteiger partial charge in [0.1, 0.15) is 10.9 Å². The highest BCUT2D eigenvalue weighted by atomic mass is 79.9. The summed E-state index contributed by atoms with van der Waals surface area (Å²) in [6, 6.07) is 0. The second-order valence-electron chi connectivity index (χ2n) is 1.95. The predicted octanol–water partition coefficient (Wildman–Crippen LogP) is 1.09. The zero-order chi connectivity index (χ0) is 6.15. The summed E-state index contributed by atoms with van der Waals surface area (Å²) in [5, 5.41) is 0. The average Bonchev–Trinajstić information content (AvgIpc) is 1.85. The summed E-state index contributed by atoms with van der Waals surface area (Å²) in [6.45, 7) is 1.89. The van der Waals surface area contributed by atoms with Gasteiger partial charge >= 0.3 is 5.97 Å². The Morgan fingerprint density at radius 3 is 2.62 bits per heavy atom. The number of halogens is 1. The van der Waals surface area contributed by atoms with Gasteiger partial charge in [0.2, 0.25) is 0 Å². The monoisotopic (exact) mass is 178 g/mol. The first-order valence-corrected chi connectivity index (χ1v) is 3.46. The zero-order valence-electron chi connectivity index (χ0n) is 4.56. The third kappa shape index (κ3) is 1.02. The molecule has 46 valence electrons. The Hall–Kier alpha value is -0.0500. The fourth-order valence-electron chi connectivity index (χ4n) is 0.708. The number of ether oxygens (including phenoxy) is 1. The Balaban J connectivity index is 2.51. The van der Waals surface area contributed by atoms with Gasteiger partial charge in [-0.05, 0) is 6.92 Å². The standard InChI is InChI=1S/C5H7BrO2/c1-3-2-4(6)5(7)8-3/h3-4H,2H2,1H3/t3-,4+/m1/s1. The first kappa shape index (κ1) is 6.08. The summed E-state index contributed by atoms with van der Waals surface area (Å²) in [4.78, 5) is 10.5. The summed E-state index contributed by atoms with van der Waals surface area (Å²) < 4.78 is 4.79. The molecule has 0 aromatic heterocycles.